The summed E-state index contributed by atoms with van der Waals surface area (Å²) in [7, 11) is 0. The smallest absolute Gasteiger partial charge is 0.153 e. The van der Waals surface area contributed by atoms with Crippen molar-refractivity contribution in [1.29, 1.82) is 0 Å². The van der Waals surface area contributed by atoms with Gasteiger partial charge in [-0.05, 0) is 18.2 Å². The van der Waals surface area contributed by atoms with E-state index in [4.69, 9.17) is 5.73 Å². The van der Waals surface area contributed by atoms with Crippen LogP contribution in [0.15, 0.2) is 48.7 Å². The van der Waals surface area contributed by atoms with Crippen molar-refractivity contribution in [3.8, 4) is 22.5 Å². The predicted molar refractivity (Wildman–Crippen MR) is 71.6 cm³/mol. The molecule has 0 aliphatic carbocycles. The van der Waals surface area contributed by atoms with Gasteiger partial charge in [0.25, 0.3) is 0 Å². The number of nitrogens with zero attached hydrogens (tertiary/aromatic N) is 2. The normalized spacial score (nSPS) is 10.6. The molecular weight excluding hydrogens is 243 g/mol. The summed E-state index contributed by atoms with van der Waals surface area (Å²) >= 11 is 0. The number of anilines is 1. The highest BCUT2D eigenvalue weighted by Crippen LogP contribution is 2.34. The van der Waals surface area contributed by atoms with Crippen molar-refractivity contribution in [3.05, 3.63) is 54.5 Å². The van der Waals surface area contributed by atoms with Crippen LogP contribution in [-0.2, 0) is 0 Å². The molecule has 3 N–H and O–H groups in total. The average Bonchev–Trinajstić information content (AvgIpc) is 2.82. The molecule has 19 heavy (non-hydrogen) atoms. The van der Waals surface area contributed by atoms with Crippen molar-refractivity contribution in [2.45, 2.75) is 0 Å². The molecule has 94 valence electrons. The number of hydrogen-bond acceptors (Lipinski definition) is 3. The molecule has 3 rings (SSSR count). The largest absolute Gasteiger partial charge is 0.382 e. The van der Waals surface area contributed by atoms with E-state index in [2.05, 4.69) is 15.2 Å². The lowest BCUT2D eigenvalue weighted by Crippen LogP contribution is -1.92. The first-order valence-corrected chi connectivity index (χ1v) is 5.77. The van der Waals surface area contributed by atoms with Crippen LogP contribution in [0.25, 0.3) is 22.5 Å². The molecular formula is C14H11FN4. The van der Waals surface area contributed by atoms with E-state index in [0.29, 0.717) is 22.5 Å². The van der Waals surface area contributed by atoms with Gasteiger partial charge in [-0.25, -0.2) is 4.39 Å². The Morgan fingerprint density at radius 3 is 2.58 bits per heavy atom. The maximum absolute atomic E-state index is 13.9. The molecule has 0 saturated heterocycles. The maximum atomic E-state index is 13.9. The van der Waals surface area contributed by atoms with Gasteiger partial charge < -0.3 is 5.73 Å². The molecule has 3 aromatic rings. The number of halogens is 1. The SMILES string of the molecule is Nc1n[nH]c(-c2ccccn2)c1-c1ccccc1F. The van der Waals surface area contributed by atoms with Crippen LogP contribution in [0.4, 0.5) is 10.2 Å². The Morgan fingerprint density at radius 2 is 1.84 bits per heavy atom. The number of rotatable bonds is 2. The van der Waals surface area contributed by atoms with Gasteiger partial charge >= 0.3 is 0 Å². The van der Waals surface area contributed by atoms with E-state index in [-0.39, 0.29) is 11.6 Å². The Balaban J connectivity index is 2.23. The lowest BCUT2D eigenvalue weighted by Gasteiger charge is -2.05. The second-order valence-electron chi connectivity index (χ2n) is 4.05. The second kappa shape index (κ2) is 4.53. The molecule has 2 aromatic heterocycles. The topological polar surface area (TPSA) is 67.6 Å². The number of aromatic amines is 1. The first-order chi connectivity index (χ1) is 9.27. The molecule has 0 fully saturated rings. The van der Waals surface area contributed by atoms with E-state index in [1.165, 1.54) is 6.07 Å². The number of aromatic nitrogens is 3. The zero-order valence-corrected chi connectivity index (χ0v) is 9.97. The van der Waals surface area contributed by atoms with Gasteiger partial charge in [0, 0.05) is 11.8 Å². The number of nitrogen functional groups attached to an aromatic ring is 1. The fraction of sp³-hybridized carbons (Fsp3) is 0. The van der Waals surface area contributed by atoms with Gasteiger partial charge in [0.15, 0.2) is 5.82 Å². The quantitative estimate of drug-likeness (QED) is 0.738. The molecule has 0 atom stereocenters. The minimum atomic E-state index is -0.340. The van der Waals surface area contributed by atoms with Crippen LogP contribution in [0, 0.1) is 5.82 Å². The highest BCUT2D eigenvalue weighted by atomic mass is 19.1. The molecule has 0 aliphatic heterocycles. The summed E-state index contributed by atoms with van der Waals surface area (Å²) in [5, 5.41) is 6.77. The van der Waals surface area contributed by atoms with Gasteiger partial charge in [-0.2, -0.15) is 5.10 Å². The van der Waals surface area contributed by atoms with Gasteiger partial charge in [0.05, 0.1) is 17.0 Å². The lowest BCUT2D eigenvalue weighted by molar-refractivity contribution is 0.631. The number of pyridine rings is 1. The van der Waals surface area contributed by atoms with Crippen molar-refractivity contribution in [2.24, 2.45) is 0 Å². The summed E-state index contributed by atoms with van der Waals surface area (Å²) in [4.78, 5) is 4.23. The molecule has 2 heterocycles. The highest BCUT2D eigenvalue weighted by Gasteiger charge is 2.17. The Bertz CT molecular complexity index is 706. The molecule has 0 amide bonds. The molecule has 0 unspecified atom stereocenters. The Kier molecular flexibility index (Phi) is 2.72. The molecule has 0 spiro atoms. The van der Waals surface area contributed by atoms with E-state index in [1.807, 2.05) is 18.2 Å². The summed E-state index contributed by atoms with van der Waals surface area (Å²) in [6, 6.07) is 11.9. The van der Waals surface area contributed by atoms with Crippen LogP contribution >= 0.6 is 0 Å². The van der Waals surface area contributed by atoms with E-state index >= 15 is 0 Å². The van der Waals surface area contributed by atoms with Crippen LogP contribution in [-0.4, -0.2) is 15.2 Å². The van der Waals surface area contributed by atoms with Crippen molar-refractivity contribution in [1.82, 2.24) is 15.2 Å². The molecule has 0 bridgehead atoms. The Labute approximate surface area is 109 Å². The highest BCUT2D eigenvalue weighted by molar-refractivity contribution is 5.86. The zero-order chi connectivity index (χ0) is 13.2. The van der Waals surface area contributed by atoms with E-state index in [1.54, 1.807) is 24.4 Å². The average molecular weight is 254 g/mol. The molecule has 5 heteroatoms. The third-order valence-corrected chi connectivity index (χ3v) is 2.86. The molecule has 4 nitrogen and oxygen atoms in total. The third-order valence-electron chi connectivity index (χ3n) is 2.86. The van der Waals surface area contributed by atoms with Crippen molar-refractivity contribution < 1.29 is 4.39 Å². The van der Waals surface area contributed by atoms with Gasteiger partial charge in [-0.3, -0.25) is 10.1 Å². The summed E-state index contributed by atoms with van der Waals surface area (Å²) in [5.41, 5.74) is 8.08. The van der Waals surface area contributed by atoms with Crippen LogP contribution in [0.3, 0.4) is 0 Å². The van der Waals surface area contributed by atoms with Crippen molar-refractivity contribution >= 4 is 5.82 Å². The first-order valence-electron chi connectivity index (χ1n) is 5.77. The lowest BCUT2D eigenvalue weighted by atomic mass is 10.0. The molecule has 0 saturated carbocycles. The van der Waals surface area contributed by atoms with Crippen molar-refractivity contribution in [2.75, 3.05) is 5.73 Å². The summed E-state index contributed by atoms with van der Waals surface area (Å²) in [5.74, 6) is -0.0847. The number of hydrogen-bond donors (Lipinski definition) is 2. The van der Waals surface area contributed by atoms with Gasteiger partial charge in [0.2, 0.25) is 0 Å². The monoisotopic (exact) mass is 254 g/mol. The number of benzene rings is 1. The van der Waals surface area contributed by atoms with E-state index in [9.17, 15) is 4.39 Å². The minimum Gasteiger partial charge on any atom is -0.382 e. The summed E-state index contributed by atoms with van der Waals surface area (Å²) < 4.78 is 13.9. The summed E-state index contributed by atoms with van der Waals surface area (Å²) in [6.07, 6.45) is 1.66. The predicted octanol–water partition coefficient (Wildman–Crippen LogP) is 2.86. The van der Waals surface area contributed by atoms with Gasteiger partial charge in [0.1, 0.15) is 5.82 Å². The van der Waals surface area contributed by atoms with Crippen LogP contribution in [0.2, 0.25) is 0 Å². The fourth-order valence-corrected chi connectivity index (χ4v) is 1.99. The minimum absolute atomic E-state index is 0.255. The van der Waals surface area contributed by atoms with Gasteiger partial charge in [-0.15, -0.1) is 0 Å². The molecule has 0 aliphatic rings. The third kappa shape index (κ3) is 1.95. The second-order valence-corrected chi connectivity index (χ2v) is 4.05. The van der Waals surface area contributed by atoms with Crippen LogP contribution in [0.1, 0.15) is 0 Å². The Hall–Kier alpha value is -2.69. The van der Waals surface area contributed by atoms with Crippen LogP contribution < -0.4 is 5.73 Å². The fourth-order valence-electron chi connectivity index (χ4n) is 1.99. The number of nitrogens with one attached hydrogen (secondary N) is 1. The zero-order valence-electron chi connectivity index (χ0n) is 9.97. The van der Waals surface area contributed by atoms with E-state index in [0.717, 1.165) is 0 Å². The molecule has 0 radical (unpaired) electrons. The maximum Gasteiger partial charge on any atom is 0.153 e. The first kappa shape index (κ1) is 11.4. The van der Waals surface area contributed by atoms with Crippen LogP contribution in [0.5, 0.6) is 0 Å². The van der Waals surface area contributed by atoms with Gasteiger partial charge in [-0.1, -0.05) is 24.3 Å². The molecule has 1 aromatic carbocycles. The summed E-state index contributed by atoms with van der Waals surface area (Å²) in [6.45, 7) is 0. The van der Waals surface area contributed by atoms with Crippen molar-refractivity contribution in [3.63, 3.8) is 0 Å². The number of H-pyrrole nitrogens is 1. The standard InChI is InChI=1S/C14H11FN4/c15-10-6-2-1-5-9(10)12-13(18-19-14(12)16)11-7-3-4-8-17-11/h1-8H,(H3,16,18,19). The Morgan fingerprint density at radius 1 is 1.05 bits per heavy atom. The number of nitrogens with two attached hydrogens (primary N) is 1. The van der Waals surface area contributed by atoms with E-state index < -0.39 is 0 Å².